The number of anilines is 1. The highest BCUT2D eigenvalue weighted by Crippen LogP contribution is 2.38. The topological polar surface area (TPSA) is 125 Å². The third kappa shape index (κ3) is 3.72. The number of benzene rings is 1. The summed E-state index contributed by atoms with van der Waals surface area (Å²) in [7, 11) is -3.22. The first kappa shape index (κ1) is 21.2. The average Bonchev–Trinajstić information content (AvgIpc) is 3.31. The SMILES string of the molecule is Nc1ncnc2c1c(C1CN(S(=O)(=O)CC3CC3)C1)cn2Cc1cn(-c2ccccc2F)nn1. The first-order valence-corrected chi connectivity index (χ1v) is 12.7. The first-order chi connectivity index (χ1) is 16.4. The fourth-order valence-corrected chi connectivity index (χ4v) is 6.41. The minimum absolute atomic E-state index is 0.0140. The number of sulfonamides is 1. The number of rotatable bonds is 7. The van der Waals surface area contributed by atoms with E-state index in [1.54, 1.807) is 28.7 Å². The maximum absolute atomic E-state index is 14.1. The lowest BCUT2D eigenvalue weighted by Gasteiger charge is -2.38. The molecule has 4 heterocycles. The summed E-state index contributed by atoms with van der Waals surface area (Å²) in [5, 5.41) is 8.98. The quantitative estimate of drug-likeness (QED) is 0.427. The number of fused-ring (bicyclic) bond motifs is 1. The number of nitrogens with zero attached hydrogens (tertiary/aromatic N) is 7. The van der Waals surface area contributed by atoms with Crippen molar-refractivity contribution in [3.05, 3.63) is 60.1 Å². The van der Waals surface area contributed by atoms with Crippen molar-refractivity contribution in [1.29, 1.82) is 0 Å². The van der Waals surface area contributed by atoms with Crippen LogP contribution in [0.15, 0.2) is 43.0 Å². The molecule has 34 heavy (non-hydrogen) atoms. The van der Waals surface area contributed by atoms with Crippen LogP contribution in [-0.2, 0) is 16.6 Å². The van der Waals surface area contributed by atoms with E-state index < -0.39 is 10.0 Å². The van der Waals surface area contributed by atoms with Crippen LogP contribution in [0, 0.1) is 11.7 Å². The molecular formula is C22H23FN8O2S. The second kappa shape index (κ2) is 7.84. The molecule has 4 aromatic rings. The normalized spacial score (nSPS) is 17.3. The fourth-order valence-electron chi connectivity index (χ4n) is 4.46. The first-order valence-electron chi connectivity index (χ1n) is 11.1. The third-order valence-electron chi connectivity index (χ3n) is 6.51. The van der Waals surface area contributed by atoms with E-state index in [0.717, 1.165) is 23.8 Å². The van der Waals surface area contributed by atoms with Gasteiger partial charge in [-0.05, 0) is 36.5 Å². The van der Waals surface area contributed by atoms with E-state index in [2.05, 4.69) is 20.3 Å². The Balaban J connectivity index is 1.27. The van der Waals surface area contributed by atoms with E-state index in [4.69, 9.17) is 5.73 Å². The summed E-state index contributed by atoms with van der Waals surface area (Å²) in [5.41, 5.74) is 8.70. The van der Waals surface area contributed by atoms with E-state index in [9.17, 15) is 12.8 Å². The number of para-hydroxylation sites is 1. The van der Waals surface area contributed by atoms with Crippen LogP contribution in [0.4, 0.5) is 10.2 Å². The Bertz CT molecular complexity index is 1490. The molecule has 0 bridgehead atoms. The maximum atomic E-state index is 14.1. The average molecular weight is 483 g/mol. The molecule has 1 aliphatic carbocycles. The Kier molecular flexibility index (Phi) is 4.88. The molecule has 2 N–H and O–H groups in total. The summed E-state index contributed by atoms with van der Waals surface area (Å²) in [6.07, 6.45) is 7.01. The Morgan fingerprint density at radius 2 is 1.91 bits per heavy atom. The second-order valence-corrected chi connectivity index (χ2v) is 11.0. The molecule has 12 heteroatoms. The highest BCUT2D eigenvalue weighted by molar-refractivity contribution is 7.89. The zero-order valence-corrected chi connectivity index (χ0v) is 19.1. The van der Waals surface area contributed by atoms with Crippen molar-refractivity contribution < 1.29 is 12.8 Å². The molecule has 176 valence electrons. The largest absolute Gasteiger partial charge is 0.383 e. The zero-order chi connectivity index (χ0) is 23.4. The van der Waals surface area contributed by atoms with Crippen LogP contribution in [0.25, 0.3) is 16.7 Å². The van der Waals surface area contributed by atoms with Gasteiger partial charge in [0.1, 0.15) is 35.0 Å². The van der Waals surface area contributed by atoms with E-state index >= 15 is 0 Å². The van der Waals surface area contributed by atoms with Crippen LogP contribution in [0.1, 0.15) is 30.0 Å². The molecule has 1 saturated heterocycles. The standard InChI is InChI=1S/C22H23FN8O2S/c23-18-3-1-2-4-19(18)31-10-16(27-28-31)9-29-11-17(20-21(24)25-13-26-22(20)29)15-7-30(8-15)34(32,33)12-14-5-6-14/h1-4,10-11,13-15H,5-9,12H2,(H2,24,25,26). The number of halogens is 1. The predicted octanol–water partition coefficient (Wildman–Crippen LogP) is 1.92. The summed E-state index contributed by atoms with van der Waals surface area (Å²) in [6.45, 7) is 1.19. The van der Waals surface area contributed by atoms with Crippen molar-refractivity contribution in [3.8, 4) is 5.69 Å². The molecule has 1 aliphatic heterocycles. The number of hydrogen-bond donors (Lipinski definition) is 1. The molecule has 10 nitrogen and oxygen atoms in total. The van der Waals surface area contributed by atoms with Gasteiger partial charge in [-0.3, -0.25) is 0 Å². The molecular weight excluding hydrogens is 459 g/mol. The lowest BCUT2D eigenvalue weighted by molar-refractivity contribution is 0.264. The van der Waals surface area contributed by atoms with Crippen LogP contribution in [0.5, 0.6) is 0 Å². The molecule has 0 atom stereocenters. The summed E-state index contributed by atoms with van der Waals surface area (Å²) in [6, 6.07) is 6.35. The number of aromatic nitrogens is 6. The third-order valence-corrected chi connectivity index (χ3v) is 8.49. The van der Waals surface area contributed by atoms with Crippen LogP contribution in [0.3, 0.4) is 0 Å². The van der Waals surface area contributed by atoms with Crippen molar-refractivity contribution in [2.24, 2.45) is 5.92 Å². The Labute approximate surface area is 195 Å². The molecule has 6 rings (SSSR count). The van der Waals surface area contributed by atoms with Gasteiger partial charge in [-0.1, -0.05) is 17.3 Å². The molecule has 2 fully saturated rings. The van der Waals surface area contributed by atoms with Crippen molar-refractivity contribution in [3.63, 3.8) is 0 Å². The lowest BCUT2D eigenvalue weighted by Crippen LogP contribution is -2.49. The second-order valence-electron chi connectivity index (χ2n) is 9.01. The number of nitrogens with two attached hydrogens (primary N) is 1. The van der Waals surface area contributed by atoms with Gasteiger partial charge in [-0.15, -0.1) is 5.10 Å². The summed E-state index contributed by atoms with van der Waals surface area (Å²) < 4.78 is 44.1. The molecule has 3 aromatic heterocycles. The van der Waals surface area contributed by atoms with Gasteiger partial charge < -0.3 is 10.3 Å². The van der Waals surface area contributed by atoms with Gasteiger partial charge in [0, 0.05) is 25.2 Å². The zero-order valence-electron chi connectivity index (χ0n) is 18.2. The Morgan fingerprint density at radius 1 is 1.12 bits per heavy atom. The maximum Gasteiger partial charge on any atom is 0.214 e. The minimum Gasteiger partial charge on any atom is -0.383 e. The predicted molar refractivity (Wildman–Crippen MR) is 123 cm³/mol. The van der Waals surface area contributed by atoms with Crippen molar-refractivity contribution in [2.45, 2.75) is 25.3 Å². The van der Waals surface area contributed by atoms with Crippen LogP contribution in [0.2, 0.25) is 0 Å². The molecule has 1 saturated carbocycles. The minimum atomic E-state index is -3.22. The van der Waals surface area contributed by atoms with Crippen molar-refractivity contribution in [2.75, 3.05) is 24.6 Å². The van der Waals surface area contributed by atoms with Crippen molar-refractivity contribution >= 4 is 26.9 Å². The molecule has 0 amide bonds. The van der Waals surface area contributed by atoms with E-state index in [1.807, 2.05) is 10.8 Å². The van der Waals surface area contributed by atoms with Gasteiger partial charge in [0.25, 0.3) is 0 Å². The Morgan fingerprint density at radius 3 is 2.68 bits per heavy atom. The van der Waals surface area contributed by atoms with E-state index in [0.29, 0.717) is 48.4 Å². The van der Waals surface area contributed by atoms with Gasteiger partial charge in [0.15, 0.2) is 0 Å². The molecule has 0 unspecified atom stereocenters. The van der Waals surface area contributed by atoms with Gasteiger partial charge in [0.2, 0.25) is 10.0 Å². The molecule has 1 aromatic carbocycles. The van der Waals surface area contributed by atoms with Crippen molar-refractivity contribution in [1.82, 2.24) is 33.8 Å². The van der Waals surface area contributed by atoms with Gasteiger partial charge >= 0.3 is 0 Å². The number of nitrogen functional groups attached to an aromatic ring is 1. The summed E-state index contributed by atoms with van der Waals surface area (Å²) >= 11 is 0. The highest BCUT2D eigenvalue weighted by Gasteiger charge is 2.40. The van der Waals surface area contributed by atoms with Crippen LogP contribution >= 0.6 is 0 Å². The fraction of sp³-hybridized carbons (Fsp3) is 0.364. The lowest BCUT2D eigenvalue weighted by atomic mass is 9.94. The van der Waals surface area contributed by atoms with Gasteiger partial charge in [0.05, 0.1) is 23.9 Å². The summed E-state index contributed by atoms with van der Waals surface area (Å²) in [4.78, 5) is 8.56. The Hall–Kier alpha value is -3.38. The number of hydrogen-bond acceptors (Lipinski definition) is 7. The molecule has 0 spiro atoms. The van der Waals surface area contributed by atoms with Gasteiger partial charge in [-0.2, -0.15) is 0 Å². The smallest absolute Gasteiger partial charge is 0.214 e. The van der Waals surface area contributed by atoms with Crippen LogP contribution in [-0.4, -0.2) is 61.1 Å². The van der Waals surface area contributed by atoms with E-state index in [-0.39, 0.29) is 17.5 Å². The monoisotopic (exact) mass is 482 g/mol. The molecule has 2 aliphatic rings. The summed E-state index contributed by atoms with van der Waals surface area (Å²) in [5.74, 6) is 0.532. The van der Waals surface area contributed by atoms with Crippen LogP contribution < -0.4 is 5.73 Å². The van der Waals surface area contributed by atoms with E-state index in [1.165, 1.54) is 17.1 Å². The highest BCUT2D eigenvalue weighted by atomic mass is 32.2. The van der Waals surface area contributed by atoms with Gasteiger partial charge in [-0.25, -0.2) is 31.8 Å². The molecule has 0 radical (unpaired) electrons.